The summed E-state index contributed by atoms with van der Waals surface area (Å²) in [7, 11) is -4.12. The first kappa shape index (κ1) is 38.3. The highest BCUT2D eigenvalue weighted by Crippen LogP contribution is 2.27. The fourth-order valence-electron chi connectivity index (χ4n) is 3.19. The van der Waals surface area contributed by atoms with Gasteiger partial charge in [0.25, 0.3) is 0 Å². The molecule has 0 bridgehead atoms. The Balaban J connectivity index is 0.000000610. The van der Waals surface area contributed by atoms with Gasteiger partial charge in [0, 0.05) is 26.1 Å². The molecule has 2 heterocycles. The highest BCUT2D eigenvalue weighted by atomic mass is 35.6. The zero-order chi connectivity index (χ0) is 30.0. The third-order valence-corrected chi connectivity index (χ3v) is 9.79. The molecule has 0 aromatic rings. The molecule has 0 aromatic carbocycles. The molecule has 228 valence electrons. The number of alkyl halides is 6. The summed E-state index contributed by atoms with van der Waals surface area (Å²) in [6.45, 7) is 9.25. The van der Waals surface area contributed by atoms with Crippen molar-refractivity contribution in [2.45, 2.75) is 115 Å². The first-order chi connectivity index (χ1) is 17.9. The molecule has 2 saturated heterocycles. The fraction of sp³-hybridized carbons (Fsp3) is 0.846. The maximum absolute atomic E-state index is 12.1. The van der Waals surface area contributed by atoms with Crippen molar-refractivity contribution in [3.05, 3.63) is 0 Å². The molecule has 2 fully saturated rings. The van der Waals surface area contributed by atoms with E-state index in [2.05, 4.69) is 17.4 Å². The Kier molecular flexibility index (Phi) is 19.0. The summed E-state index contributed by atoms with van der Waals surface area (Å²) in [5.74, 6) is 5.26. The molecule has 2 unspecified atom stereocenters. The van der Waals surface area contributed by atoms with Gasteiger partial charge in [0.1, 0.15) is 21.3 Å². The Labute approximate surface area is 236 Å². The largest absolute Gasteiger partial charge is 0.388 e. The van der Waals surface area contributed by atoms with Crippen LogP contribution in [0.5, 0.6) is 0 Å². The maximum atomic E-state index is 12.1. The van der Waals surface area contributed by atoms with Crippen molar-refractivity contribution < 1.29 is 45.3 Å². The van der Waals surface area contributed by atoms with Gasteiger partial charge in [0.15, 0.2) is 20.0 Å². The van der Waals surface area contributed by atoms with Crippen LogP contribution in [-0.2, 0) is 18.9 Å². The zero-order valence-corrected chi connectivity index (χ0v) is 26.2. The number of hydrogen-bond acceptors (Lipinski definition) is 4. The van der Waals surface area contributed by atoms with Crippen LogP contribution in [0, 0.1) is 23.8 Å². The van der Waals surface area contributed by atoms with Gasteiger partial charge in [-0.25, -0.2) is 0 Å². The molecule has 2 aliphatic heterocycles. The van der Waals surface area contributed by atoms with Crippen molar-refractivity contribution in [1.82, 2.24) is 0 Å². The summed E-state index contributed by atoms with van der Waals surface area (Å²) < 4.78 is 92.3. The lowest BCUT2D eigenvalue weighted by Gasteiger charge is -2.21. The molecule has 4 nitrogen and oxygen atoms in total. The predicted octanol–water partition coefficient (Wildman–Crippen LogP) is 8.28. The average molecular weight is 625 g/mol. The number of halogens is 7. The van der Waals surface area contributed by atoms with Crippen molar-refractivity contribution in [2.24, 2.45) is 0 Å². The minimum atomic E-state index is -4.08. The molecule has 0 aromatic heterocycles. The molecule has 0 aliphatic carbocycles. The van der Waals surface area contributed by atoms with E-state index in [-0.39, 0.29) is 31.3 Å². The van der Waals surface area contributed by atoms with Crippen molar-refractivity contribution >= 4 is 26.5 Å². The second-order valence-corrected chi connectivity index (χ2v) is 22.1. The van der Waals surface area contributed by atoms with Crippen molar-refractivity contribution in [2.75, 3.05) is 26.4 Å². The number of hydrogen-bond donors (Lipinski definition) is 0. The van der Waals surface area contributed by atoms with Gasteiger partial charge < -0.3 is 18.9 Å². The van der Waals surface area contributed by atoms with E-state index in [1.165, 1.54) is 6.42 Å². The predicted molar refractivity (Wildman–Crippen MR) is 147 cm³/mol. The van der Waals surface area contributed by atoms with Crippen molar-refractivity contribution in [3.63, 3.8) is 0 Å². The summed E-state index contributed by atoms with van der Waals surface area (Å²) in [6.07, 6.45) is 1.52. The summed E-state index contributed by atoms with van der Waals surface area (Å²) in [6, 6.07) is 0.251. The molecule has 0 saturated carbocycles. The topological polar surface area (TPSA) is 36.9 Å². The van der Waals surface area contributed by atoms with E-state index in [4.69, 9.17) is 36.4 Å². The normalized spacial score (nSPS) is 20.3. The summed E-state index contributed by atoms with van der Waals surface area (Å²) in [5.41, 5.74) is 2.98. The molecule has 13 heteroatoms. The average Bonchev–Trinajstić information content (AvgIpc) is 2.84. The van der Waals surface area contributed by atoms with Crippen LogP contribution in [0.4, 0.5) is 26.3 Å². The van der Waals surface area contributed by atoms with Crippen molar-refractivity contribution in [3.8, 4) is 23.8 Å². The quantitative estimate of drug-likeness (QED) is 0.118. The third kappa shape index (κ3) is 27.2. The number of terminal acetylenes is 1. The number of ether oxygens (including phenoxy) is 4. The first-order valence-corrected chi connectivity index (χ1v) is 20.6. The van der Waals surface area contributed by atoms with E-state index in [1.54, 1.807) is 13.1 Å². The van der Waals surface area contributed by atoms with Gasteiger partial charge in [-0.15, -0.1) is 12.0 Å². The van der Waals surface area contributed by atoms with Gasteiger partial charge in [-0.2, -0.15) is 37.4 Å². The maximum Gasteiger partial charge on any atom is 0.388 e. The highest BCUT2D eigenvalue weighted by molar-refractivity contribution is 7.19. The van der Waals surface area contributed by atoms with Crippen LogP contribution in [0.3, 0.4) is 0 Å². The molecule has 2 rings (SSSR count). The standard InChI is InChI=1S/C13H21F3O2Si.C8H12O2.C5H10ClF3Si/c1-19(2,11-7-13(14,15)16)10-5-9-18-12-6-3-4-8-17-12;1-2-6-9-8-5-3-4-7-10-8;1-10(2,6)4-3-5(7,8)9/h12H,3-4,6-9,11H2,1-2H3;1,8H,3-7H2;3-4H2,1-2H3. The van der Waals surface area contributed by atoms with Crippen LogP contribution in [0.25, 0.3) is 0 Å². The molecule has 0 amide bonds. The van der Waals surface area contributed by atoms with Gasteiger partial charge in [-0.1, -0.05) is 38.0 Å². The van der Waals surface area contributed by atoms with Crippen LogP contribution >= 0.6 is 11.1 Å². The molecule has 0 N–H and O–H groups in total. The Hall–Kier alpha value is -0.736. The molecule has 39 heavy (non-hydrogen) atoms. The Morgan fingerprint density at radius 1 is 0.795 bits per heavy atom. The summed E-state index contributed by atoms with van der Waals surface area (Å²) >= 11 is 5.68. The molecule has 2 aliphatic rings. The molecule has 2 atom stereocenters. The summed E-state index contributed by atoms with van der Waals surface area (Å²) in [5, 5.41) is 0. The lowest BCUT2D eigenvalue weighted by atomic mass is 10.2. The van der Waals surface area contributed by atoms with Crippen LogP contribution in [-0.4, -0.2) is 66.8 Å². The van der Waals surface area contributed by atoms with Crippen LogP contribution < -0.4 is 0 Å². The molecule has 0 spiro atoms. The Bertz CT molecular complexity index is 729. The SMILES string of the molecule is C#CCOC1CCCCO1.C[Si](C)(C#CCOC1CCCCO1)CCC(F)(F)F.C[Si](C)(Cl)CCC(F)(F)F. The lowest BCUT2D eigenvalue weighted by molar-refractivity contribution is -0.154. The van der Waals surface area contributed by atoms with Crippen LogP contribution in [0.1, 0.15) is 51.4 Å². The fourth-order valence-corrected chi connectivity index (χ4v) is 5.94. The molecule has 0 radical (unpaired) electrons. The number of rotatable bonds is 8. The van der Waals surface area contributed by atoms with E-state index in [0.29, 0.717) is 13.2 Å². The zero-order valence-electron chi connectivity index (χ0n) is 23.4. The van der Waals surface area contributed by atoms with Gasteiger partial charge in [-0.05, 0) is 50.6 Å². The molecular formula is C26H43ClF6O4Si2. The van der Waals surface area contributed by atoms with Crippen LogP contribution in [0.15, 0.2) is 0 Å². The highest BCUT2D eigenvalue weighted by Gasteiger charge is 2.32. The van der Waals surface area contributed by atoms with E-state index in [0.717, 1.165) is 38.7 Å². The smallest absolute Gasteiger partial charge is 0.353 e. The first-order valence-electron chi connectivity index (χ1n) is 13.1. The molecular weight excluding hydrogens is 582 g/mol. The second kappa shape index (κ2) is 19.4. The second-order valence-electron chi connectivity index (χ2n) is 10.6. The Morgan fingerprint density at radius 3 is 1.62 bits per heavy atom. The van der Waals surface area contributed by atoms with Crippen LogP contribution in [0.2, 0.25) is 38.3 Å². The Morgan fingerprint density at radius 2 is 1.26 bits per heavy atom. The van der Waals surface area contributed by atoms with E-state index >= 15 is 0 Å². The van der Waals surface area contributed by atoms with Gasteiger partial charge in [-0.3, -0.25) is 0 Å². The van der Waals surface area contributed by atoms with Gasteiger partial charge in [0.05, 0.1) is 0 Å². The minimum Gasteiger partial charge on any atom is -0.353 e. The van der Waals surface area contributed by atoms with E-state index < -0.39 is 40.7 Å². The minimum absolute atomic E-state index is 0.0372. The van der Waals surface area contributed by atoms with E-state index in [9.17, 15) is 26.3 Å². The monoisotopic (exact) mass is 624 g/mol. The van der Waals surface area contributed by atoms with Crippen molar-refractivity contribution in [1.29, 1.82) is 0 Å². The van der Waals surface area contributed by atoms with Gasteiger partial charge >= 0.3 is 12.4 Å². The third-order valence-electron chi connectivity index (χ3n) is 5.43. The van der Waals surface area contributed by atoms with Gasteiger partial charge in [0.2, 0.25) is 0 Å². The lowest BCUT2D eigenvalue weighted by Crippen LogP contribution is -2.26. The van der Waals surface area contributed by atoms with E-state index in [1.807, 2.05) is 13.1 Å². The summed E-state index contributed by atoms with van der Waals surface area (Å²) in [4.78, 5) is 0.